The van der Waals surface area contributed by atoms with Gasteiger partial charge in [0.05, 0.1) is 5.56 Å². The van der Waals surface area contributed by atoms with E-state index in [9.17, 15) is 13.2 Å². The summed E-state index contributed by atoms with van der Waals surface area (Å²) in [7, 11) is 1.58. The molecule has 2 rings (SSSR count). The van der Waals surface area contributed by atoms with Gasteiger partial charge in [0.25, 0.3) is 15.0 Å². The standard InChI is InChI=1S/C12H16ClNO3S2/c1-3-9-4-5-14(6-9)11(15)10-7-18-12(8(10)2)19(13,16)17/h7,9H,3-6H2,1-2H3. The van der Waals surface area contributed by atoms with E-state index in [0.29, 0.717) is 17.0 Å². The molecule has 1 aliphatic rings. The monoisotopic (exact) mass is 321 g/mol. The smallest absolute Gasteiger partial charge is 0.271 e. The quantitative estimate of drug-likeness (QED) is 0.804. The average Bonchev–Trinajstić information content (AvgIpc) is 2.93. The summed E-state index contributed by atoms with van der Waals surface area (Å²) in [6.07, 6.45) is 2.08. The third-order valence-corrected chi connectivity index (χ3v) is 6.90. The maximum absolute atomic E-state index is 12.4. The van der Waals surface area contributed by atoms with Gasteiger partial charge in [-0.1, -0.05) is 13.3 Å². The topological polar surface area (TPSA) is 54.5 Å². The molecule has 0 saturated carbocycles. The predicted molar refractivity (Wildman–Crippen MR) is 76.4 cm³/mol. The number of hydrogen-bond acceptors (Lipinski definition) is 4. The van der Waals surface area contributed by atoms with E-state index in [-0.39, 0.29) is 10.1 Å². The molecule has 1 aromatic rings. The van der Waals surface area contributed by atoms with Gasteiger partial charge in [-0.15, -0.1) is 11.3 Å². The zero-order valence-electron chi connectivity index (χ0n) is 10.8. The Kier molecular flexibility index (Phi) is 4.23. The SMILES string of the molecule is CCC1CCN(C(=O)c2csc(S(=O)(=O)Cl)c2C)C1. The first-order chi connectivity index (χ1) is 8.84. The number of hydrogen-bond donors (Lipinski definition) is 0. The number of amides is 1. The van der Waals surface area contributed by atoms with Crippen molar-refractivity contribution in [2.24, 2.45) is 5.92 Å². The molecule has 1 aliphatic heterocycles. The van der Waals surface area contributed by atoms with Crippen molar-refractivity contribution in [1.82, 2.24) is 4.90 Å². The van der Waals surface area contributed by atoms with Gasteiger partial charge in [0.15, 0.2) is 0 Å². The molecule has 4 nitrogen and oxygen atoms in total. The van der Waals surface area contributed by atoms with Crippen LogP contribution in [0.25, 0.3) is 0 Å². The van der Waals surface area contributed by atoms with E-state index in [1.807, 2.05) is 0 Å². The minimum absolute atomic E-state index is 0.0729. The molecule has 19 heavy (non-hydrogen) atoms. The van der Waals surface area contributed by atoms with Crippen LogP contribution in [0.4, 0.5) is 0 Å². The lowest BCUT2D eigenvalue weighted by molar-refractivity contribution is 0.0786. The minimum Gasteiger partial charge on any atom is -0.338 e. The van der Waals surface area contributed by atoms with E-state index in [1.54, 1.807) is 17.2 Å². The Balaban J connectivity index is 2.24. The number of nitrogens with zero attached hydrogens (tertiary/aromatic N) is 1. The van der Waals surface area contributed by atoms with Gasteiger partial charge in [-0.05, 0) is 24.8 Å². The van der Waals surface area contributed by atoms with Crippen molar-refractivity contribution < 1.29 is 13.2 Å². The Bertz CT molecular complexity index is 594. The van der Waals surface area contributed by atoms with E-state index in [1.165, 1.54) is 0 Å². The Labute approximate surface area is 121 Å². The Hall–Kier alpha value is -0.590. The van der Waals surface area contributed by atoms with Crippen LogP contribution in [0.15, 0.2) is 9.59 Å². The molecule has 1 amide bonds. The van der Waals surface area contributed by atoms with Crippen molar-refractivity contribution in [1.29, 1.82) is 0 Å². The number of likely N-dealkylation sites (tertiary alicyclic amines) is 1. The molecular weight excluding hydrogens is 306 g/mol. The number of thiophene rings is 1. The summed E-state index contributed by atoms with van der Waals surface area (Å²) >= 11 is 1.01. The van der Waals surface area contributed by atoms with Crippen LogP contribution in [-0.4, -0.2) is 32.3 Å². The van der Waals surface area contributed by atoms with Gasteiger partial charge >= 0.3 is 0 Å². The molecule has 1 aromatic heterocycles. The maximum Gasteiger partial charge on any atom is 0.271 e. The van der Waals surface area contributed by atoms with Crippen molar-refractivity contribution >= 4 is 37.0 Å². The lowest BCUT2D eigenvalue weighted by Crippen LogP contribution is -2.28. The van der Waals surface area contributed by atoms with Crippen LogP contribution in [0.2, 0.25) is 0 Å². The number of carbonyl (C=O) groups is 1. The van der Waals surface area contributed by atoms with Crippen molar-refractivity contribution in [3.8, 4) is 0 Å². The molecule has 0 spiro atoms. The first-order valence-electron chi connectivity index (χ1n) is 6.16. The summed E-state index contributed by atoms with van der Waals surface area (Å²) in [4.78, 5) is 14.2. The highest BCUT2D eigenvalue weighted by Gasteiger charge is 2.29. The Morgan fingerprint density at radius 1 is 1.58 bits per heavy atom. The lowest BCUT2D eigenvalue weighted by atomic mass is 10.1. The van der Waals surface area contributed by atoms with E-state index in [2.05, 4.69) is 6.92 Å². The third kappa shape index (κ3) is 2.95. The summed E-state index contributed by atoms with van der Waals surface area (Å²) < 4.78 is 22.8. The zero-order chi connectivity index (χ0) is 14.2. The van der Waals surface area contributed by atoms with Crippen molar-refractivity contribution in [2.75, 3.05) is 13.1 Å². The van der Waals surface area contributed by atoms with Crippen molar-refractivity contribution in [3.63, 3.8) is 0 Å². The molecule has 2 heterocycles. The van der Waals surface area contributed by atoms with Crippen LogP contribution in [0.5, 0.6) is 0 Å². The molecule has 106 valence electrons. The van der Waals surface area contributed by atoms with Crippen LogP contribution in [0.3, 0.4) is 0 Å². The fourth-order valence-corrected chi connectivity index (χ4v) is 4.91. The van der Waals surface area contributed by atoms with Gasteiger partial charge in [-0.25, -0.2) is 8.42 Å². The minimum atomic E-state index is -3.77. The second-order valence-corrected chi connectivity index (χ2v) is 8.45. The van der Waals surface area contributed by atoms with Crippen molar-refractivity contribution in [3.05, 3.63) is 16.5 Å². The number of halogens is 1. The molecular formula is C12H16ClNO3S2. The lowest BCUT2D eigenvalue weighted by Gasteiger charge is -2.16. The molecule has 0 N–H and O–H groups in total. The highest BCUT2D eigenvalue weighted by Crippen LogP contribution is 2.31. The number of carbonyl (C=O) groups excluding carboxylic acids is 1. The highest BCUT2D eigenvalue weighted by molar-refractivity contribution is 8.15. The summed E-state index contributed by atoms with van der Waals surface area (Å²) in [5, 5.41) is 1.59. The summed E-state index contributed by atoms with van der Waals surface area (Å²) in [6.45, 7) is 5.25. The van der Waals surface area contributed by atoms with E-state index < -0.39 is 9.05 Å². The molecule has 0 aromatic carbocycles. The van der Waals surface area contributed by atoms with E-state index in [0.717, 1.165) is 37.3 Å². The summed E-state index contributed by atoms with van der Waals surface area (Å²) in [5.74, 6) is 0.468. The second-order valence-electron chi connectivity index (χ2n) is 4.81. The second kappa shape index (κ2) is 5.42. The van der Waals surface area contributed by atoms with Crippen molar-refractivity contribution in [2.45, 2.75) is 30.9 Å². The van der Waals surface area contributed by atoms with Gasteiger partial charge in [0.2, 0.25) is 0 Å². The van der Waals surface area contributed by atoms with Crippen LogP contribution in [-0.2, 0) is 9.05 Å². The largest absolute Gasteiger partial charge is 0.338 e. The zero-order valence-corrected chi connectivity index (χ0v) is 13.2. The van der Waals surface area contributed by atoms with Crippen LogP contribution in [0.1, 0.15) is 35.7 Å². The molecule has 0 aliphatic carbocycles. The molecule has 0 bridgehead atoms. The highest BCUT2D eigenvalue weighted by atomic mass is 35.7. The maximum atomic E-state index is 12.4. The van der Waals surface area contributed by atoms with E-state index in [4.69, 9.17) is 10.7 Å². The van der Waals surface area contributed by atoms with Crippen LogP contribution < -0.4 is 0 Å². The fraction of sp³-hybridized carbons (Fsp3) is 0.583. The molecule has 0 radical (unpaired) electrons. The molecule has 1 atom stereocenters. The first-order valence-corrected chi connectivity index (χ1v) is 9.35. The molecule has 1 fully saturated rings. The average molecular weight is 322 g/mol. The van der Waals surface area contributed by atoms with Gasteiger partial charge in [-0.2, -0.15) is 0 Å². The van der Waals surface area contributed by atoms with Crippen LogP contribution in [0, 0.1) is 12.8 Å². The predicted octanol–water partition coefficient (Wildman–Crippen LogP) is 2.86. The Morgan fingerprint density at radius 2 is 2.26 bits per heavy atom. The summed E-state index contributed by atoms with van der Waals surface area (Å²) in [5.41, 5.74) is 0.922. The third-order valence-electron chi connectivity index (χ3n) is 3.60. The fourth-order valence-electron chi connectivity index (χ4n) is 2.37. The summed E-state index contributed by atoms with van der Waals surface area (Å²) in [6, 6.07) is 0. The number of rotatable bonds is 3. The first kappa shape index (κ1) is 14.8. The van der Waals surface area contributed by atoms with Gasteiger partial charge < -0.3 is 4.90 Å². The van der Waals surface area contributed by atoms with Gasteiger partial charge in [0, 0.05) is 29.2 Å². The van der Waals surface area contributed by atoms with E-state index >= 15 is 0 Å². The van der Waals surface area contributed by atoms with Gasteiger partial charge in [-0.3, -0.25) is 4.79 Å². The van der Waals surface area contributed by atoms with Gasteiger partial charge in [0.1, 0.15) is 4.21 Å². The molecule has 1 unspecified atom stereocenters. The molecule has 1 saturated heterocycles. The van der Waals surface area contributed by atoms with Crippen LogP contribution >= 0.6 is 22.0 Å². The normalized spacial score (nSPS) is 19.9. The Morgan fingerprint density at radius 3 is 2.74 bits per heavy atom. The molecule has 7 heteroatoms.